The number of hydrogen-bond acceptors (Lipinski definition) is 8. The van der Waals surface area contributed by atoms with Gasteiger partial charge in [-0.05, 0) is 36.2 Å². The fourth-order valence-electron chi connectivity index (χ4n) is 3.29. The molecule has 31 heavy (non-hydrogen) atoms. The third-order valence-electron chi connectivity index (χ3n) is 4.76. The molecule has 2 aromatic carbocycles. The third-order valence-corrected chi connectivity index (χ3v) is 4.76. The summed E-state index contributed by atoms with van der Waals surface area (Å²) in [6.45, 7) is 0.617. The highest BCUT2D eigenvalue weighted by Gasteiger charge is 2.21. The molecule has 4 rings (SSSR count). The lowest BCUT2D eigenvalue weighted by molar-refractivity contribution is -0.144. The highest BCUT2D eigenvalue weighted by molar-refractivity contribution is 5.95. The number of nitrogens with zero attached hydrogens (tertiary/aromatic N) is 4. The SMILES string of the molecule is Nc1nc(COC(=O)Cc2ccc(N3CCCC3=O)cc2)nc(Nc2ccccc2)n1. The van der Waals surface area contributed by atoms with E-state index in [4.69, 9.17) is 10.5 Å². The van der Waals surface area contributed by atoms with Crippen molar-refractivity contribution in [3.05, 3.63) is 66.0 Å². The van der Waals surface area contributed by atoms with E-state index in [9.17, 15) is 9.59 Å². The first kappa shape index (κ1) is 20.3. The Bertz CT molecular complexity index is 1070. The van der Waals surface area contributed by atoms with Gasteiger partial charge in [0.2, 0.25) is 17.8 Å². The van der Waals surface area contributed by atoms with Gasteiger partial charge in [-0.15, -0.1) is 0 Å². The number of hydrogen-bond donors (Lipinski definition) is 2. The minimum atomic E-state index is -0.415. The molecule has 0 saturated carbocycles. The number of nitrogens with two attached hydrogens (primary N) is 1. The molecule has 0 atom stereocenters. The summed E-state index contributed by atoms with van der Waals surface area (Å²) in [6.07, 6.45) is 1.55. The van der Waals surface area contributed by atoms with Gasteiger partial charge in [-0.2, -0.15) is 15.0 Å². The first-order valence-electron chi connectivity index (χ1n) is 9.94. The molecule has 2 heterocycles. The van der Waals surface area contributed by atoms with Gasteiger partial charge in [0.25, 0.3) is 0 Å². The van der Waals surface area contributed by atoms with E-state index >= 15 is 0 Å². The Labute approximate surface area is 179 Å². The average Bonchev–Trinajstić information content (AvgIpc) is 3.19. The maximum absolute atomic E-state index is 12.2. The molecule has 9 heteroatoms. The lowest BCUT2D eigenvalue weighted by Gasteiger charge is -2.15. The van der Waals surface area contributed by atoms with Gasteiger partial charge < -0.3 is 20.7 Å². The minimum Gasteiger partial charge on any atom is -0.457 e. The van der Waals surface area contributed by atoms with Crippen molar-refractivity contribution < 1.29 is 14.3 Å². The molecule has 1 amide bonds. The zero-order chi connectivity index (χ0) is 21.6. The van der Waals surface area contributed by atoms with Crippen LogP contribution in [0.3, 0.4) is 0 Å². The summed E-state index contributed by atoms with van der Waals surface area (Å²) in [4.78, 5) is 38.1. The molecule has 1 aliphatic heterocycles. The predicted octanol–water partition coefficient (Wildman–Crippen LogP) is 2.61. The Morgan fingerprint density at radius 2 is 1.84 bits per heavy atom. The molecule has 0 radical (unpaired) electrons. The summed E-state index contributed by atoms with van der Waals surface area (Å²) < 4.78 is 5.30. The number of rotatable bonds is 7. The second-order valence-electron chi connectivity index (χ2n) is 7.08. The summed E-state index contributed by atoms with van der Waals surface area (Å²) in [7, 11) is 0. The maximum Gasteiger partial charge on any atom is 0.310 e. The van der Waals surface area contributed by atoms with Crippen LogP contribution in [0.1, 0.15) is 24.2 Å². The second-order valence-corrected chi connectivity index (χ2v) is 7.08. The van der Waals surface area contributed by atoms with Gasteiger partial charge >= 0.3 is 5.97 Å². The van der Waals surface area contributed by atoms with E-state index in [1.807, 2.05) is 54.6 Å². The van der Waals surface area contributed by atoms with Gasteiger partial charge in [0.1, 0.15) is 0 Å². The van der Waals surface area contributed by atoms with Crippen LogP contribution >= 0.6 is 0 Å². The largest absolute Gasteiger partial charge is 0.457 e. The number of carbonyl (C=O) groups is 2. The molecule has 1 saturated heterocycles. The number of benzene rings is 2. The van der Waals surface area contributed by atoms with E-state index in [1.54, 1.807) is 4.90 Å². The van der Waals surface area contributed by atoms with Crippen molar-refractivity contribution in [3.63, 3.8) is 0 Å². The Morgan fingerprint density at radius 3 is 2.55 bits per heavy atom. The van der Waals surface area contributed by atoms with Crippen LogP contribution in [0.2, 0.25) is 0 Å². The Hall–Kier alpha value is -4.01. The van der Waals surface area contributed by atoms with Gasteiger partial charge in [-0.1, -0.05) is 30.3 Å². The number of nitrogens with one attached hydrogen (secondary N) is 1. The highest BCUT2D eigenvalue weighted by atomic mass is 16.5. The smallest absolute Gasteiger partial charge is 0.310 e. The number of nitrogen functional groups attached to an aromatic ring is 1. The van der Waals surface area contributed by atoms with Gasteiger partial charge in [0.05, 0.1) is 6.42 Å². The van der Waals surface area contributed by atoms with Crippen molar-refractivity contribution in [1.29, 1.82) is 0 Å². The summed E-state index contributed by atoms with van der Waals surface area (Å²) >= 11 is 0. The molecule has 1 aliphatic rings. The van der Waals surface area contributed by atoms with E-state index in [0.717, 1.165) is 29.9 Å². The first-order valence-corrected chi connectivity index (χ1v) is 9.94. The molecule has 9 nitrogen and oxygen atoms in total. The number of anilines is 4. The summed E-state index contributed by atoms with van der Waals surface area (Å²) in [5, 5.41) is 3.03. The topological polar surface area (TPSA) is 123 Å². The quantitative estimate of drug-likeness (QED) is 0.561. The highest BCUT2D eigenvalue weighted by Crippen LogP contribution is 2.22. The normalized spacial score (nSPS) is 13.3. The van der Waals surface area contributed by atoms with E-state index in [0.29, 0.717) is 6.42 Å². The number of carbonyl (C=O) groups excluding carboxylic acids is 2. The lowest BCUT2D eigenvalue weighted by atomic mass is 10.1. The number of para-hydroxylation sites is 1. The Kier molecular flexibility index (Phi) is 6.02. The Morgan fingerprint density at radius 1 is 1.06 bits per heavy atom. The molecule has 3 aromatic rings. The van der Waals surface area contributed by atoms with E-state index in [-0.39, 0.29) is 36.7 Å². The van der Waals surface area contributed by atoms with Crippen molar-refractivity contribution >= 4 is 35.1 Å². The lowest BCUT2D eigenvalue weighted by Crippen LogP contribution is -2.23. The van der Waals surface area contributed by atoms with Crippen molar-refractivity contribution in [2.24, 2.45) is 0 Å². The van der Waals surface area contributed by atoms with Gasteiger partial charge in [0, 0.05) is 24.3 Å². The predicted molar refractivity (Wildman–Crippen MR) is 115 cm³/mol. The van der Waals surface area contributed by atoms with Crippen molar-refractivity contribution in [2.75, 3.05) is 22.5 Å². The van der Waals surface area contributed by atoms with E-state index in [1.165, 1.54) is 0 Å². The van der Waals surface area contributed by atoms with Gasteiger partial charge in [0.15, 0.2) is 12.4 Å². The van der Waals surface area contributed by atoms with E-state index < -0.39 is 5.97 Å². The summed E-state index contributed by atoms with van der Waals surface area (Å²) in [6, 6.07) is 16.7. The fourth-order valence-corrected chi connectivity index (χ4v) is 3.29. The van der Waals surface area contributed by atoms with Crippen molar-refractivity contribution in [3.8, 4) is 0 Å². The van der Waals surface area contributed by atoms with Crippen molar-refractivity contribution in [2.45, 2.75) is 25.9 Å². The van der Waals surface area contributed by atoms with E-state index in [2.05, 4.69) is 20.3 Å². The second kappa shape index (κ2) is 9.21. The van der Waals surface area contributed by atoms with Crippen molar-refractivity contribution in [1.82, 2.24) is 15.0 Å². The van der Waals surface area contributed by atoms with Crippen LogP contribution in [-0.4, -0.2) is 33.4 Å². The number of aromatic nitrogens is 3. The maximum atomic E-state index is 12.2. The van der Waals surface area contributed by atoms with Crippen LogP contribution in [0.4, 0.5) is 23.3 Å². The molecule has 1 fully saturated rings. The van der Waals surface area contributed by atoms with Crippen LogP contribution in [0.15, 0.2) is 54.6 Å². The molecule has 0 aliphatic carbocycles. The standard InChI is InChI=1S/C22H22N6O3/c23-21-25-18(26-22(27-21)24-16-5-2-1-3-6-16)14-31-20(30)13-15-8-10-17(11-9-15)28-12-4-7-19(28)29/h1-3,5-6,8-11H,4,7,12-14H2,(H3,23,24,25,26,27). The number of amides is 1. The van der Waals surface area contributed by atoms with Crippen LogP contribution in [0.5, 0.6) is 0 Å². The fraction of sp³-hybridized carbons (Fsp3) is 0.227. The molecular weight excluding hydrogens is 396 g/mol. The molecule has 3 N–H and O–H groups in total. The summed E-state index contributed by atoms with van der Waals surface area (Å²) in [5.41, 5.74) is 8.19. The zero-order valence-corrected chi connectivity index (χ0v) is 16.8. The molecule has 0 spiro atoms. The van der Waals surface area contributed by atoms with Crippen LogP contribution < -0.4 is 16.0 Å². The molecule has 158 valence electrons. The van der Waals surface area contributed by atoms with Gasteiger partial charge in [-0.3, -0.25) is 9.59 Å². The minimum absolute atomic E-state index is 0.0338. The average molecular weight is 418 g/mol. The molecule has 1 aromatic heterocycles. The number of ether oxygens (including phenoxy) is 1. The van der Waals surface area contributed by atoms with Gasteiger partial charge in [-0.25, -0.2) is 0 Å². The zero-order valence-electron chi connectivity index (χ0n) is 16.8. The van der Waals surface area contributed by atoms with Crippen LogP contribution in [0, 0.1) is 0 Å². The van der Waals surface area contributed by atoms with Crippen LogP contribution in [0.25, 0.3) is 0 Å². The monoisotopic (exact) mass is 418 g/mol. The molecule has 0 bridgehead atoms. The third kappa shape index (κ3) is 5.33. The van der Waals surface area contributed by atoms with Crippen LogP contribution in [-0.2, 0) is 27.4 Å². The molecular formula is C22H22N6O3. The number of esters is 1. The molecule has 0 unspecified atom stereocenters. The summed E-state index contributed by atoms with van der Waals surface area (Å²) in [5.74, 6) is 0.275. The Balaban J connectivity index is 1.33. The first-order chi connectivity index (χ1) is 15.1.